The zero-order chi connectivity index (χ0) is 51.4. The standard InChI is InChI=1S/C76H50N2/c1-5-23-51(24-6-1)53-27-21-33-57(47-53)77(55-29-9-3-10-30-55)59-43-45-65-71(49-59)75(67-39-17-13-35-61(67)62-36-14-18-40-68(62)75)74-66-46-44-60(50-72(66)76(73(65)74)69-41-19-15-37-63(69)64-38-16-20-42-70(64)76)78(56-31-11-4-12-32-56)58-34-22-28-54(48-58)52-25-7-2-8-26-52/h1-50H. The van der Waals surface area contributed by atoms with Gasteiger partial charge in [0.2, 0.25) is 0 Å². The lowest BCUT2D eigenvalue weighted by atomic mass is 9.66. The van der Waals surface area contributed by atoms with Crippen LogP contribution in [0.3, 0.4) is 0 Å². The first kappa shape index (κ1) is 44.3. The van der Waals surface area contributed by atoms with E-state index >= 15 is 0 Å². The van der Waals surface area contributed by atoms with E-state index in [1.807, 2.05) is 0 Å². The maximum Gasteiger partial charge on any atom is 0.0729 e. The minimum atomic E-state index is -0.669. The Morgan fingerprint density at radius 1 is 0.179 bits per heavy atom. The molecule has 2 heteroatoms. The molecule has 2 spiro atoms. The fraction of sp³-hybridized carbons (Fsp3) is 0.0263. The van der Waals surface area contributed by atoms with Gasteiger partial charge in [-0.2, -0.15) is 0 Å². The molecule has 0 radical (unpaired) electrons. The second-order valence-corrected chi connectivity index (χ2v) is 21.1. The molecule has 4 aliphatic carbocycles. The first-order chi connectivity index (χ1) is 38.7. The van der Waals surface area contributed by atoms with Crippen LogP contribution in [0.25, 0.3) is 55.7 Å². The highest BCUT2D eigenvalue weighted by molar-refractivity contribution is 6.20. The van der Waals surface area contributed by atoms with Gasteiger partial charge in [0.1, 0.15) is 0 Å². The monoisotopic (exact) mass is 990 g/mol. The first-order valence-electron chi connectivity index (χ1n) is 27.2. The van der Waals surface area contributed by atoms with E-state index < -0.39 is 10.8 Å². The molecule has 0 saturated carbocycles. The Bertz CT molecular complexity index is 4010. The number of rotatable bonds is 8. The molecule has 0 heterocycles. The van der Waals surface area contributed by atoms with Crippen LogP contribution in [0.2, 0.25) is 0 Å². The Labute approximate surface area is 455 Å². The Morgan fingerprint density at radius 3 is 0.821 bits per heavy atom. The van der Waals surface area contributed by atoms with Gasteiger partial charge in [-0.3, -0.25) is 0 Å². The number of allylic oxidation sites excluding steroid dienone is 2. The van der Waals surface area contributed by atoms with Crippen LogP contribution in [-0.4, -0.2) is 0 Å². The van der Waals surface area contributed by atoms with E-state index in [1.165, 1.54) is 100 Å². The lowest BCUT2D eigenvalue weighted by Crippen LogP contribution is -2.29. The molecular weight excluding hydrogens is 941 g/mol. The van der Waals surface area contributed by atoms with Gasteiger partial charge in [0.25, 0.3) is 0 Å². The highest BCUT2D eigenvalue weighted by Gasteiger charge is 2.63. The van der Waals surface area contributed by atoms with Gasteiger partial charge >= 0.3 is 0 Å². The predicted molar refractivity (Wildman–Crippen MR) is 323 cm³/mol. The molecule has 0 bridgehead atoms. The van der Waals surface area contributed by atoms with Crippen LogP contribution in [0.4, 0.5) is 34.1 Å². The van der Waals surface area contributed by atoms with Crippen molar-refractivity contribution >= 4 is 45.3 Å². The quantitative estimate of drug-likeness (QED) is 0.150. The van der Waals surface area contributed by atoms with Crippen molar-refractivity contribution in [2.24, 2.45) is 0 Å². The van der Waals surface area contributed by atoms with Crippen molar-refractivity contribution in [2.75, 3.05) is 9.80 Å². The van der Waals surface area contributed by atoms with Crippen LogP contribution < -0.4 is 9.80 Å². The van der Waals surface area contributed by atoms with Crippen molar-refractivity contribution in [3.8, 4) is 44.5 Å². The van der Waals surface area contributed by atoms with Gasteiger partial charge in [0.05, 0.1) is 10.8 Å². The summed E-state index contributed by atoms with van der Waals surface area (Å²) in [4.78, 5) is 4.91. The Balaban J connectivity index is 0.997. The number of para-hydroxylation sites is 2. The second-order valence-electron chi connectivity index (χ2n) is 21.1. The van der Waals surface area contributed by atoms with E-state index in [-0.39, 0.29) is 0 Å². The molecule has 0 aliphatic heterocycles. The van der Waals surface area contributed by atoms with E-state index in [2.05, 4.69) is 313 Å². The molecule has 4 aliphatic rings. The Morgan fingerprint density at radius 2 is 0.462 bits per heavy atom. The van der Waals surface area contributed by atoms with Gasteiger partial charge in [-0.05, 0) is 173 Å². The van der Waals surface area contributed by atoms with Crippen molar-refractivity contribution in [3.63, 3.8) is 0 Å². The van der Waals surface area contributed by atoms with E-state index in [1.54, 1.807) is 0 Å². The number of benzene rings is 12. The summed E-state index contributed by atoms with van der Waals surface area (Å²) in [5.74, 6) is 0. The number of fused-ring (bicyclic) bond motifs is 18. The molecule has 0 saturated heterocycles. The van der Waals surface area contributed by atoms with Crippen molar-refractivity contribution < 1.29 is 0 Å². The van der Waals surface area contributed by atoms with E-state index in [0.29, 0.717) is 0 Å². The maximum atomic E-state index is 2.56. The van der Waals surface area contributed by atoms with Crippen LogP contribution in [0.15, 0.2) is 303 Å². The molecule has 0 fully saturated rings. The highest BCUT2D eigenvalue weighted by Crippen LogP contribution is 2.75. The zero-order valence-electron chi connectivity index (χ0n) is 42.8. The summed E-state index contributed by atoms with van der Waals surface area (Å²) in [5.41, 5.74) is 28.4. The summed E-state index contributed by atoms with van der Waals surface area (Å²) < 4.78 is 0. The Hall–Kier alpha value is -10.0. The number of hydrogen-bond donors (Lipinski definition) is 0. The van der Waals surface area contributed by atoms with Crippen LogP contribution in [-0.2, 0) is 10.8 Å². The van der Waals surface area contributed by atoms with Crippen LogP contribution in [0.1, 0.15) is 44.5 Å². The van der Waals surface area contributed by atoms with Gasteiger partial charge < -0.3 is 9.80 Å². The fourth-order valence-electron chi connectivity index (χ4n) is 14.3. The molecule has 364 valence electrons. The summed E-state index contributed by atoms with van der Waals surface area (Å²) in [6.45, 7) is 0. The van der Waals surface area contributed by atoms with E-state index in [0.717, 1.165) is 34.1 Å². The van der Waals surface area contributed by atoms with Crippen molar-refractivity contribution in [1.82, 2.24) is 0 Å². The molecule has 0 atom stereocenters. The average Bonchev–Trinajstić information content (AvgIpc) is 2.86. The van der Waals surface area contributed by atoms with Gasteiger partial charge in [-0.25, -0.2) is 0 Å². The van der Waals surface area contributed by atoms with Crippen molar-refractivity contribution in [1.29, 1.82) is 0 Å². The normalized spacial score (nSPS) is 14.1. The van der Waals surface area contributed by atoms with E-state index in [4.69, 9.17) is 0 Å². The summed E-state index contributed by atoms with van der Waals surface area (Å²) in [7, 11) is 0. The minimum Gasteiger partial charge on any atom is -0.310 e. The molecule has 16 rings (SSSR count). The summed E-state index contributed by atoms with van der Waals surface area (Å²) in [6, 6.07) is 113. The maximum absolute atomic E-state index is 2.56. The summed E-state index contributed by atoms with van der Waals surface area (Å²) in [5, 5.41) is 0. The first-order valence-corrected chi connectivity index (χ1v) is 27.2. The second kappa shape index (κ2) is 17.3. The molecule has 12 aromatic carbocycles. The lowest BCUT2D eigenvalue weighted by molar-refractivity contribution is 0.826. The van der Waals surface area contributed by atoms with Crippen molar-refractivity contribution in [2.45, 2.75) is 10.8 Å². The zero-order valence-corrected chi connectivity index (χ0v) is 42.8. The predicted octanol–water partition coefficient (Wildman–Crippen LogP) is 19.5. The molecule has 12 aromatic rings. The van der Waals surface area contributed by atoms with Gasteiger partial charge in [-0.1, -0.05) is 231 Å². The SMILES string of the molecule is c1ccc(-c2cccc(N(c3ccccc3)c3ccc4c(c3)C3(C5=C4C4(c6cc(N(c7ccccc7)c7cccc(-c8ccccc8)c7)ccc65)c5ccccc5-c5ccccc54)c4ccccc4-c4ccccc43)c2)cc1. The van der Waals surface area contributed by atoms with Crippen LogP contribution >= 0.6 is 0 Å². The molecule has 0 aromatic heterocycles. The average molecular weight is 991 g/mol. The third-order valence-corrected chi connectivity index (χ3v) is 17.2. The third-order valence-electron chi connectivity index (χ3n) is 17.2. The number of nitrogens with zero attached hydrogens (tertiary/aromatic N) is 2. The summed E-state index contributed by atoms with van der Waals surface area (Å²) in [6.07, 6.45) is 0. The van der Waals surface area contributed by atoms with Gasteiger partial charge in [0.15, 0.2) is 0 Å². The molecule has 0 unspecified atom stereocenters. The molecular formula is C76H50N2. The summed E-state index contributed by atoms with van der Waals surface area (Å²) >= 11 is 0. The number of anilines is 6. The molecule has 0 amide bonds. The Kier molecular flexibility index (Phi) is 9.80. The molecule has 0 N–H and O–H groups in total. The fourth-order valence-corrected chi connectivity index (χ4v) is 14.3. The largest absolute Gasteiger partial charge is 0.310 e. The van der Waals surface area contributed by atoms with Crippen molar-refractivity contribution in [3.05, 3.63) is 348 Å². The highest BCUT2D eigenvalue weighted by atomic mass is 15.1. The molecule has 2 nitrogen and oxygen atoms in total. The topological polar surface area (TPSA) is 6.48 Å². The van der Waals surface area contributed by atoms with Gasteiger partial charge in [0, 0.05) is 34.1 Å². The van der Waals surface area contributed by atoms with E-state index in [9.17, 15) is 0 Å². The van der Waals surface area contributed by atoms with Crippen LogP contribution in [0, 0.1) is 0 Å². The van der Waals surface area contributed by atoms with Gasteiger partial charge in [-0.15, -0.1) is 0 Å². The van der Waals surface area contributed by atoms with Crippen LogP contribution in [0.5, 0.6) is 0 Å². The smallest absolute Gasteiger partial charge is 0.0729 e. The minimum absolute atomic E-state index is 0.669. The third kappa shape index (κ3) is 6.20. The lowest BCUT2D eigenvalue weighted by Gasteiger charge is -2.36. The molecule has 78 heavy (non-hydrogen) atoms. The number of hydrogen-bond acceptors (Lipinski definition) is 2.